The Labute approximate surface area is 100 Å². The number of thiazole rings is 1. The van der Waals surface area contributed by atoms with Gasteiger partial charge in [0.25, 0.3) is 0 Å². The maximum atomic E-state index is 5.68. The Balaban J connectivity index is 0.00000112. The summed E-state index contributed by atoms with van der Waals surface area (Å²) in [4.78, 5) is 8.12. The van der Waals surface area contributed by atoms with Crippen LogP contribution in [0.3, 0.4) is 0 Å². The van der Waals surface area contributed by atoms with E-state index in [1.165, 1.54) is 10.6 Å². The minimum Gasteiger partial charge on any atom is -1.00 e. The van der Waals surface area contributed by atoms with Gasteiger partial charge in [-0.3, -0.25) is 4.90 Å². The minimum atomic E-state index is 0. The highest BCUT2D eigenvalue weighted by Crippen LogP contribution is 2.23. The van der Waals surface area contributed by atoms with Crippen molar-refractivity contribution in [2.45, 2.75) is 12.8 Å². The van der Waals surface area contributed by atoms with Crippen LogP contribution in [-0.2, 0) is 12.8 Å². The van der Waals surface area contributed by atoms with E-state index in [0.717, 1.165) is 32.5 Å². The Morgan fingerprint density at radius 2 is 2.20 bits per heavy atom. The summed E-state index contributed by atoms with van der Waals surface area (Å²) in [7, 11) is 0. The van der Waals surface area contributed by atoms with Crippen molar-refractivity contribution < 1.29 is 12.4 Å². The zero-order chi connectivity index (χ0) is 9.97. The third kappa shape index (κ3) is 2.93. The second kappa shape index (κ2) is 5.49. The molecule has 2 heterocycles. The summed E-state index contributed by atoms with van der Waals surface area (Å²) in [5, 5.41) is 0.715. The molecule has 3 nitrogen and oxygen atoms in total. The molecule has 0 aromatic carbocycles. The monoisotopic (exact) mass is 244 g/mol. The molecular weight excluding hydrogens is 230 g/mol. The number of hydrogen-bond donors (Lipinski definition) is 1. The van der Waals surface area contributed by atoms with Crippen LogP contribution in [0.25, 0.3) is 0 Å². The molecule has 0 bridgehead atoms. The van der Waals surface area contributed by atoms with Crippen LogP contribution in [0.2, 0.25) is 0 Å². The lowest BCUT2D eigenvalue weighted by Gasteiger charge is -2.16. The molecule has 2 N–H and O–H groups in total. The average molecular weight is 245 g/mol. The van der Waals surface area contributed by atoms with Gasteiger partial charge in [0.05, 0.1) is 5.69 Å². The molecule has 1 aromatic rings. The number of hydrogen-bond acceptors (Lipinski definition) is 4. The van der Waals surface area contributed by atoms with Crippen molar-refractivity contribution in [2.24, 2.45) is 0 Å². The molecule has 0 atom stereocenters. The number of fused-ring (bicyclic) bond motifs is 1. The fourth-order valence-corrected chi connectivity index (χ4v) is 2.66. The van der Waals surface area contributed by atoms with Gasteiger partial charge >= 0.3 is 0 Å². The smallest absolute Gasteiger partial charge is 0.180 e. The summed E-state index contributed by atoms with van der Waals surface area (Å²) >= 11 is 1.64. The van der Waals surface area contributed by atoms with Gasteiger partial charge in [-0.15, -0.1) is 17.9 Å². The highest BCUT2D eigenvalue weighted by atomic mass is 35.5. The first kappa shape index (κ1) is 12.5. The SMILES string of the molecule is C=CCN1CCc2nc(N)sc2CC1.[Cl-]. The first-order valence-corrected chi connectivity index (χ1v) is 5.68. The van der Waals surface area contributed by atoms with E-state index in [9.17, 15) is 0 Å². The van der Waals surface area contributed by atoms with Crippen LogP contribution in [0, 0.1) is 0 Å². The van der Waals surface area contributed by atoms with Gasteiger partial charge in [-0.2, -0.15) is 0 Å². The Bertz CT molecular complexity index is 312. The normalized spacial score (nSPS) is 16.3. The van der Waals surface area contributed by atoms with Crippen molar-refractivity contribution in [2.75, 3.05) is 25.4 Å². The highest BCUT2D eigenvalue weighted by Gasteiger charge is 2.16. The van der Waals surface area contributed by atoms with E-state index in [0.29, 0.717) is 5.13 Å². The summed E-state index contributed by atoms with van der Waals surface area (Å²) in [6, 6.07) is 0. The molecule has 84 valence electrons. The maximum absolute atomic E-state index is 5.68. The van der Waals surface area contributed by atoms with Gasteiger partial charge in [-0.05, 0) is 6.42 Å². The van der Waals surface area contributed by atoms with Crippen LogP contribution < -0.4 is 18.1 Å². The first-order valence-electron chi connectivity index (χ1n) is 4.87. The van der Waals surface area contributed by atoms with Gasteiger partial charge in [0, 0.05) is 30.9 Å². The Morgan fingerprint density at radius 3 is 2.93 bits per heavy atom. The van der Waals surface area contributed by atoms with Gasteiger partial charge in [-0.25, -0.2) is 4.98 Å². The van der Waals surface area contributed by atoms with E-state index < -0.39 is 0 Å². The lowest BCUT2D eigenvalue weighted by Crippen LogP contribution is -3.00. The van der Waals surface area contributed by atoms with Crippen molar-refractivity contribution in [1.82, 2.24) is 9.88 Å². The number of aromatic nitrogens is 1. The molecule has 1 aliphatic rings. The molecule has 0 amide bonds. The van der Waals surface area contributed by atoms with Crippen molar-refractivity contribution in [3.05, 3.63) is 23.2 Å². The van der Waals surface area contributed by atoms with Crippen LogP contribution >= 0.6 is 11.3 Å². The van der Waals surface area contributed by atoms with Crippen molar-refractivity contribution in [3.63, 3.8) is 0 Å². The first-order chi connectivity index (χ1) is 6.79. The van der Waals surface area contributed by atoms with Crippen molar-refractivity contribution >= 4 is 16.5 Å². The van der Waals surface area contributed by atoms with E-state index in [2.05, 4.69) is 16.5 Å². The van der Waals surface area contributed by atoms with Crippen molar-refractivity contribution in [3.8, 4) is 0 Å². The van der Waals surface area contributed by atoms with Gasteiger partial charge in [0.2, 0.25) is 0 Å². The summed E-state index contributed by atoms with van der Waals surface area (Å²) in [5.41, 5.74) is 6.89. The number of nitrogens with zero attached hydrogens (tertiary/aromatic N) is 2. The van der Waals surface area contributed by atoms with E-state index in [4.69, 9.17) is 5.73 Å². The van der Waals surface area contributed by atoms with Crippen LogP contribution in [0.5, 0.6) is 0 Å². The van der Waals surface area contributed by atoms with Gasteiger partial charge < -0.3 is 18.1 Å². The largest absolute Gasteiger partial charge is 1.00 e. The standard InChI is InChI=1S/C10H15N3S.ClH/c1-2-5-13-6-3-8-9(4-7-13)14-10(11)12-8;/h2H,1,3-7H2,(H2,11,12);1H/p-1. The fourth-order valence-electron chi connectivity index (χ4n) is 1.79. The quantitative estimate of drug-likeness (QED) is 0.632. The molecule has 5 heteroatoms. The molecule has 15 heavy (non-hydrogen) atoms. The molecule has 0 fully saturated rings. The number of nitrogens with two attached hydrogens (primary N) is 1. The Morgan fingerprint density at radius 1 is 1.47 bits per heavy atom. The number of anilines is 1. The molecule has 0 saturated heterocycles. The Hall–Kier alpha value is -0.580. The summed E-state index contributed by atoms with van der Waals surface area (Å²) in [6.45, 7) is 6.91. The second-order valence-corrected chi connectivity index (χ2v) is 4.63. The molecule has 0 aliphatic carbocycles. The minimum absolute atomic E-state index is 0. The molecule has 0 unspecified atom stereocenters. The van der Waals surface area contributed by atoms with E-state index >= 15 is 0 Å². The van der Waals surface area contributed by atoms with E-state index in [1.54, 1.807) is 11.3 Å². The number of nitrogen functional groups attached to an aromatic ring is 1. The predicted molar refractivity (Wildman–Crippen MR) is 60.6 cm³/mol. The number of halogens is 1. The van der Waals surface area contributed by atoms with E-state index in [1.807, 2.05) is 6.08 Å². The molecule has 0 saturated carbocycles. The molecule has 1 aliphatic heterocycles. The molecule has 0 radical (unpaired) electrons. The summed E-state index contributed by atoms with van der Waals surface area (Å²) < 4.78 is 0. The van der Waals surface area contributed by atoms with Gasteiger partial charge in [0.15, 0.2) is 5.13 Å². The zero-order valence-electron chi connectivity index (χ0n) is 8.58. The molecular formula is C10H15ClN3S-. The van der Waals surface area contributed by atoms with Crippen LogP contribution in [0.4, 0.5) is 5.13 Å². The van der Waals surface area contributed by atoms with Gasteiger partial charge in [-0.1, -0.05) is 6.08 Å². The van der Waals surface area contributed by atoms with Crippen LogP contribution in [0.15, 0.2) is 12.7 Å². The van der Waals surface area contributed by atoms with Gasteiger partial charge in [0.1, 0.15) is 0 Å². The maximum Gasteiger partial charge on any atom is 0.180 e. The topological polar surface area (TPSA) is 42.2 Å². The second-order valence-electron chi connectivity index (χ2n) is 3.51. The Kier molecular flexibility index (Phi) is 4.57. The summed E-state index contributed by atoms with van der Waals surface area (Å²) in [5.74, 6) is 0. The lowest BCUT2D eigenvalue weighted by atomic mass is 10.2. The van der Waals surface area contributed by atoms with E-state index in [-0.39, 0.29) is 12.4 Å². The lowest BCUT2D eigenvalue weighted by molar-refractivity contribution is -0.00000294. The molecule has 0 spiro atoms. The van der Waals surface area contributed by atoms with Crippen LogP contribution in [0.1, 0.15) is 10.6 Å². The average Bonchev–Trinajstić information content (AvgIpc) is 2.42. The highest BCUT2D eigenvalue weighted by molar-refractivity contribution is 7.15. The predicted octanol–water partition coefficient (Wildman–Crippen LogP) is -1.68. The zero-order valence-corrected chi connectivity index (χ0v) is 10.2. The fraction of sp³-hybridized carbons (Fsp3) is 0.500. The van der Waals surface area contributed by atoms with Crippen LogP contribution in [-0.4, -0.2) is 29.5 Å². The summed E-state index contributed by atoms with van der Waals surface area (Å²) in [6.07, 6.45) is 4.07. The third-order valence-corrected chi connectivity index (χ3v) is 3.49. The van der Waals surface area contributed by atoms with Crippen molar-refractivity contribution in [1.29, 1.82) is 0 Å². The third-order valence-electron chi connectivity index (χ3n) is 2.50. The molecule has 2 rings (SSSR count). The number of rotatable bonds is 2. The molecule has 1 aromatic heterocycles.